The third-order valence-electron chi connectivity index (χ3n) is 4.36. The van der Waals surface area contributed by atoms with Crippen molar-refractivity contribution in [3.63, 3.8) is 0 Å². The van der Waals surface area contributed by atoms with E-state index in [1.54, 1.807) is 6.07 Å². The number of anilines is 1. The molecule has 120 valence electrons. The molecule has 0 amide bonds. The van der Waals surface area contributed by atoms with Crippen LogP contribution in [0.25, 0.3) is 6.08 Å². The maximum atomic E-state index is 13.3. The van der Waals surface area contributed by atoms with Crippen molar-refractivity contribution in [2.75, 3.05) is 18.0 Å². The molecule has 0 unspecified atom stereocenters. The fourth-order valence-corrected chi connectivity index (χ4v) is 3.63. The molecule has 2 fully saturated rings. The van der Waals surface area contributed by atoms with Crippen molar-refractivity contribution in [2.24, 2.45) is 0 Å². The lowest BCUT2D eigenvalue weighted by molar-refractivity contribution is 0.508. The molecule has 1 aromatic heterocycles. The summed E-state index contributed by atoms with van der Waals surface area (Å²) < 4.78 is 30.7. The third-order valence-corrected chi connectivity index (χ3v) is 5.16. The van der Waals surface area contributed by atoms with E-state index in [2.05, 4.69) is 14.3 Å². The SMILES string of the molecule is Fc1ccc(C=C2CCN(c3nc(C4CC4)ns3)CC2)cc1F. The van der Waals surface area contributed by atoms with Gasteiger partial charge in [-0.2, -0.15) is 4.37 Å². The summed E-state index contributed by atoms with van der Waals surface area (Å²) in [6.07, 6.45) is 6.23. The van der Waals surface area contributed by atoms with Crippen LogP contribution in [0.4, 0.5) is 13.9 Å². The van der Waals surface area contributed by atoms with Crippen LogP contribution in [-0.2, 0) is 0 Å². The second-order valence-electron chi connectivity index (χ2n) is 6.17. The number of piperidine rings is 1. The molecule has 2 heterocycles. The zero-order valence-electron chi connectivity index (χ0n) is 12.6. The number of rotatable bonds is 3. The summed E-state index contributed by atoms with van der Waals surface area (Å²) in [6.45, 7) is 1.80. The zero-order chi connectivity index (χ0) is 15.8. The number of halogens is 2. The van der Waals surface area contributed by atoms with Gasteiger partial charge in [-0.3, -0.25) is 0 Å². The predicted octanol–water partition coefficient (Wildman–Crippen LogP) is 4.38. The molecule has 0 N–H and O–H groups in total. The molecule has 0 spiro atoms. The van der Waals surface area contributed by atoms with Gasteiger partial charge in [0.05, 0.1) is 0 Å². The molecule has 4 rings (SSSR count). The van der Waals surface area contributed by atoms with E-state index in [0.29, 0.717) is 5.92 Å². The molecule has 23 heavy (non-hydrogen) atoms. The van der Waals surface area contributed by atoms with Crippen molar-refractivity contribution in [3.8, 4) is 0 Å². The molecular weight excluding hydrogens is 316 g/mol. The maximum absolute atomic E-state index is 13.3. The molecule has 1 saturated heterocycles. The Morgan fingerprint density at radius 3 is 2.61 bits per heavy atom. The molecular formula is C17H17F2N3S. The summed E-state index contributed by atoms with van der Waals surface area (Å²) >= 11 is 1.49. The van der Waals surface area contributed by atoms with Crippen LogP contribution in [0.3, 0.4) is 0 Å². The minimum Gasteiger partial charge on any atom is -0.346 e. The number of benzene rings is 1. The van der Waals surface area contributed by atoms with Gasteiger partial charge in [0.1, 0.15) is 5.82 Å². The molecule has 6 heteroatoms. The largest absolute Gasteiger partial charge is 0.346 e. The van der Waals surface area contributed by atoms with Crippen LogP contribution in [0.2, 0.25) is 0 Å². The summed E-state index contributed by atoms with van der Waals surface area (Å²) in [5.41, 5.74) is 1.98. The average Bonchev–Trinajstić information content (AvgIpc) is 3.29. The highest BCUT2D eigenvalue weighted by atomic mass is 32.1. The summed E-state index contributed by atoms with van der Waals surface area (Å²) in [5, 5.41) is 1.01. The van der Waals surface area contributed by atoms with Crippen LogP contribution in [0.5, 0.6) is 0 Å². The van der Waals surface area contributed by atoms with Crippen molar-refractivity contribution in [1.82, 2.24) is 9.36 Å². The van der Waals surface area contributed by atoms with Gasteiger partial charge in [-0.05, 0) is 43.4 Å². The first kappa shape index (κ1) is 14.8. The van der Waals surface area contributed by atoms with E-state index in [1.807, 2.05) is 6.08 Å². The summed E-state index contributed by atoms with van der Waals surface area (Å²) in [7, 11) is 0. The third kappa shape index (κ3) is 3.27. The molecule has 1 saturated carbocycles. The lowest BCUT2D eigenvalue weighted by atomic mass is 10.0. The zero-order valence-corrected chi connectivity index (χ0v) is 13.5. The van der Waals surface area contributed by atoms with Gasteiger partial charge < -0.3 is 4.90 Å². The smallest absolute Gasteiger partial charge is 0.205 e. The van der Waals surface area contributed by atoms with E-state index in [-0.39, 0.29) is 0 Å². The Morgan fingerprint density at radius 2 is 1.91 bits per heavy atom. The first-order valence-electron chi connectivity index (χ1n) is 7.92. The summed E-state index contributed by atoms with van der Waals surface area (Å²) in [6, 6.07) is 4.04. The standard InChI is InChI=1S/C17H17F2N3S/c18-14-4-1-12(10-15(14)19)9-11-5-7-22(8-6-11)17-20-16(21-23-17)13-2-3-13/h1,4,9-10,13H,2-3,5-8H2. The Morgan fingerprint density at radius 1 is 1.13 bits per heavy atom. The monoisotopic (exact) mass is 333 g/mol. The second-order valence-corrected chi connectivity index (χ2v) is 6.90. The van der Waals surface area contributed by atoms with Gasteiger partial charge in [-0.1, -0.05) is 17.7 Å². The number of nitrogens with zero attached hydrogens (tertiary/aromatic N) is 3. The topological polar surface area (TPSA) is 29.0 Å². The van der Waals surface area contributed by atoms with E-state index in [0.717, 1.165) is 42.5 Å². The van der Waals surface area contributed by atoms with Gasteiger partial charge in [0.2, 0.25) is 5.13 Å². The number of aromatic nitrogens is 2. The predicted molar refractivity (Wildman–Crippen MR) is 87.7 cm³/mol. The van der Waals surface area contributed by atoms with E-state index < -0.39 is 11.6 Å². The Kier molecular flexibility index (Phi) is 3.85. The summed E-state index contributed by atoms with van der Waals surface area (Å²) in [5.74, 6) is 0.00436. The van der Waals surface area contributed by atoms with Crippen LogP contribution in [0.1, 0.15) is 43.0 Å². The Labute approximate surface area is 137 Å². The lowest BCUT2D eigenvalue weighted by Gasteiger charge is -2.27. The van der Waals surface area contributed by atoms with Gasteiger partial charge in [0.25, 0.3) is 0 Å². The minimum atomic E-state index is -0.801. The Hall–Kier alpha value is -1.82. The van der Waals surface area contributed by atoms with Crippen LogP contribution in [0.15, 0.2) is 23.8 Å². The fraction of sp³-hybridized carbons (Fsp3) is 0.412. The summed E-state index contributed by atoms with van der Waals surface area (Å²) in [4.78, 5) is 6.92. The fourth-order valence-electron chi connectivity index (χ4n) is 2.83. The molecule has 2 aromatic rings. The average molecular weight is 333 g/mol. The van der Waals surface area contributed by atoms with Crippen LogP contribution in [-0.4, -0.2) is 22.4 Å². The molecule has 1 aliphatic carbocycles. The van der Waals surface area contributed by atoms with Gasteiger partial charge in [0.15, 0.2) is 11.6 Å². The first-order valence-corrected chi connectivity index (χ1v) is 8.69. The normalized spacial score (nSPS) is 18.3. The van der Waals surface area contributed by atoms with E-state index in [1.165, 1.54) is 42.1 Å². The van der Waals surface area contributed by atoms with E-state index >= 15 is 0 Å². The Bertz CT molecular complexity index is 742. The van der Waals surface area contributed by atoms with Gasteiger partial charge in [-0.25, -0.2) is 13.8 Å². The van der Waals surface area contributed by atoms with Crippen molar-refractivity contribution in [1.29, 1.82) is 0 Å². The number of hydrogen-bond donors (Lipinski definition) is 0. The molecule has 2 aliphatic rings. The highest BCUT2D eigenvalue weighted by molar-refractivity contribution is 7.09. The minimum absolute atomic E-state index is 0.591. The molecule has 1 aromatic carbocycles. The first-order chi connectivity index (χ1) is 11.2. The van der Waals surface area contributed by atoms with Crippen molar-refractivity contribution < 1.29 is 8.78 Å². The number of hydrogen-bond acceptors (Lipinski definition) is 4. The highest BCUT2D eigenvalue weighted by Gasteiger charge is 2.29. The Balaban J connectivity index is 1.41. The van der Waals surface area contributed by atoms with Gasteiger partial charge in [-0.15, -0.1) is 0 Å². The van der Waals surface area contributed by atoms with E-state index in [4.69, 9.17) is 0 Å². The van der Waals surface area contributed by atoms with E-state index in [9.17, 15) is 8.78 Å². The maximum Gasteiger partial charge on any atom is 0.205 e. The molecule has 1 aliphatic heterocycles. The molecule has 0 atom stereocenters. The van der Waals surface area contributed by atoms with Crippen molar-refractivity contribution in [3.05, 3.63) is 46.8 Å². The van der Waals surface area contributed by atoms with Crippen LogP contribution < -0.4 is 4.90 Å². The molecule has 0 bridgehead atoms. The van der Waals surface area contributed by atoms with Crippen LogP contribution >= 0.6 is 11.5 Å². The highest BCUT2D eigenvalue weighted by Crippen LogP contribution is 2.40. The van der Waals surface area contributed by atoms with Gasteiger partial charge >= 0.3 is 0 Å². The van der Waals surface area contributed by atoms with Gasteiger partial charge in [0, 0.05) is 30.5 Å². The second kappa shape index (κ2) is 6.00. The quantitative estimate of drug-likeness (QED) is 0.835. The lowest BCUT2D eigenvalue weighted by Crippen LogP contribution is -2.30. The molecule has 3 nitrogen and oxygen atoms in total. The molecule has 0 radical (unpaired) electrons. The van der Waals surface area contributed by atoms with Crippen molar-refractivity contribution >= 4 is 22.7 Å². The van der Waals surface area contributed by atoms with Crippen molar-refractivity contribution in [2.45, 2.75) is 31.6 Å². The van der Waals surface area contributed by atoms with Crippen LogP contribution in [0, 0.1) is 11.6 Å².